The molecule has 0 aliphatic rings. The fraction of sp³-hybridized carbons (Fsp3) is 0.667. The fourth-order valence-corrected chi connectivity index (χ4v) is 2.23. The Labute approximate surface area is 128 Å². The fourth-order valence-electron chi connectivity index (χ4n) is 1.15. The van der Waals surface area contributed by atoms with E-state index in [0.717, 1.165) is 11.8 Å². The largest absolute Gasteiger partial charge is 0.465 e. The minimum atomic E-state index is -0.572. The van der Waals surface area contributed by atoms with Gasteiger partial charge in [-0.1, -0.05) is 18.7 Å². The molecule has 0 spiro atoms. The van der Waals surface area contributed by atoms with Crippen LogP contribution < -0.4 is 0 Å². The summed E-state index contributed by atoms with van der Waals surface area (Å²) in [6.07, 6.45) is 0.769. The van der Waals surface area contributed by atoms with Gasteiger partial charge in [-0.2, -0.15) is 0 Å². The third kappa shape index (κ3) is 6.85. The predicted octanol–water partition coefficient (Wildman–Crippen LogP) is 2.06. The van der Waals surface area contributed by atoms with E-state index >= 15 is 0 Å². The summed E-state index contributed by atoms with van der Waals surface area (Å²) in [5, 5.41) is 0.0500. The van der Waals surface area contributed by atoms with Gasteiger partial charge in [-0.05, 0) is 32.5 Å². The Morgan fingerprint density at radius 3 is 2.35 bits per heavy atom. The van der Waals surface area contributed by atoms with Crippen molar-refractivity contribution in [1.82, 2.24) is 5.06 Å². The lowest BCUT2D eigenvalue weighted by Crippen LogP contribution is -2.36. The average Bonchev–Trinajstić information content (AvgIpc) is 2.35. The molecule has 0 fully saturated rings. The maximum absolute atomic E-state index is 11.7. The van der Waals surface area contributed by atoms with Crippen molar-refractivity contribution in [2.24, 2.45) is 0 Å². The van der Waals surface area contributed by atoms with Crippen LogP contribution in [0.4, 0.5) is 0 Å². The molecule has 0 N–H and O–H groups in total. The molecular formula is C12H19NO5S2. The lowest BCUT2D eigenvalue weighted by atomic mass is 10.3. The van der Waals surface area contributed by atoms with Gasteiger partial charge in [0.25, 0.3) is 16.2 Å². The summed E-state index contributed by atoms with van der Waals surface area (Å²) in [7, 11) is 0. The number of thioether (sulfide) groups is 1. The van der Waals surface area contributed by atoms with Crippen LogP contribution in [-0.4, -0.2) is 39.1 Å². The predicted molar refractivity (Wildman–Crippen MR) is 79.8 cm³/mol. The number of hydrogen-bond acceptors (Lipinski definition) is 7. The summed E-state index contributed by atoms with van der Waals surface area (Å²) < 4.78 is 4.74. The van der Waals surface area contributed by atoms with Crippen LogP contribution in [0.25, 0.3) is 0 Å². The van der Waals surface area contributed by atoms with Crippen LogP contribution >= 0.6 is 24.0 Å². The van der Waals surface area contributed by atoms with E-state index in [1.807, 2.05) is 6.92 Å². The Balaban J connectivity index is 4.51. The molecule has 0 radical (unpaired) electrons. The van der Waals surface area contributed by atoms with Crippen molar-refractivity contribution in [2.45, 2.75) is 45.8 Å². The first-order valence-electron chi connectivity index (χ1n) is 6.22. The monoisotopic (exact) mass is 321 g/mol. The van der Waals surface area contributed by atoms with E-state index in [-0.39, 0.29) is 17.4 Å². The van der Waals surface area contributed by atoms with Crippen molar-refractivity contribution in [3.8, 4) is 0 Å². The molecule has 0 saturated heterocycles. The van der Waals surface area contributed by atoms with Gasteiger partial charge >= 0.3 is 5.97 Å². The second-order valence-electron chi connectivity index (χ2n) is 3.81. The number of hydroxylamine groups is 2. The van der Waals surface area contributed by atoms with Crippen molar-refractivity contribution < 1.29 is 24.0 Å². The van der Waals surface area contributed by atoms with Gasteiger partial charge in [0, 0.05) is 13.3 Å². The molecule has 0 aromatic heterocycles. The molecule has 0 aliphatic heterocycles. The smallest absolute Gasteiger partial charge is 0.319 e. The lowest BCUT2D eigenvalue weighted by molar-refractivity contribution is -0.172. The summed E-state index contributed by atoms with van der Waals surface area (Å²) in [4.78, 5) is 39.5. The Kier molecular flexibility index (Phi) is 9.15. The number of carbonyl (C=O) groups is 3. The third-order valence-electron chi connectivity index (χ3n) is 2.03. The van der Waals surface area contributed by atoms with Gasteiger partial charge in [-0.15, -0.1) is 5.06 Å². The molecule has 0 aromatic rings. The van der Waals surface area contributed by atoms with Crippen LogP contribution in [0.3, 0.4) is 0 Å². The maximum atomic E-state index is 11.7. The van der Waals surface area contributed by atoms with Crippen LogP contribution in [0.1, 0.15) is 40.5 Å². The summed E-state index contributed by atoms with van der Waals surface area (Å²) in [5.74, 6) is -1.46. The molecule has 0 bridgehead atoms. The maximum Gasteiger partial charge on any atom is 0.319 e. The zero-order valence-corrected chi connectivity index (χ0v) is 13.6. The molecule has 0 rings (SSSR count). The number of ether oxygens (including phenoxy) is 1. The Morgan fingerprint density at radius 1 is 1.30 bits per heavy atom. The quantitative estimate of drug-likeness (QED) is 0.436. The minimum absolute atomic E-state index is 0.0785. The summed E-state index contributed by atoms with van der Waals surface area (Å²) in [6, 6.07) is 0. The van der Waals surface area contributed by atoms with E-state index in [1.165, 1.54) is 6.92 Å². The number of carbonyl (C=O) groups excluding carboxylic acids is 3. The first-order valence-corrected chi connectivity index (χ1v) is 7.50. The van der Waals surface area contributed by atoms with Crippen molar-refractivity contribution >= 4 is 46.1 Å². The molecule has 8 heteroatoms. The van der Waals surface area contributed by atoms with Gasteiger partial charge in [0.2, 0.25) is 0 Å². The highest BCUT2D eigenvalue weighted by molar-refractivity contribution is 8.23. The van der Waals surface area contributed by atoms with E-state index in [9.17, 15) is 14.4 Å². The van der Waals surface area contributed by atoms with E-state index in [2.05, 4.69) is 0 Å². The zero-order chi connectivity index (χ0) is 15.7. The van der Waals surface area contributed by atoms with Gasteiger partial charge in [0.15, 0.2) is 0 Å². The lowest BCUT2D eigenvalue weighted by Gasteiger charge is -2.19. The SMILES string of the molecule is CCCC(=O)N(OC(=S)SC(C)C(=O)OCC)C(C)=O. The first kappa shape index (κ1) is 18.9. The topological polar surface area (TPSA) is 72.9 Å². The minimum Gasteiger partial charge on any atom is -0.465 e. The van der Waals surface area contributed by atoms with E-state index in [0.29, 0.717) is 11.5 Å². The van der Waals surface area contributed by atoms with Gasteiger partial charge < -0.3 is 9.57 Å². The van der Waals surface area contributed by atoms with Crippen molar-refractivity contribution in [3.05, 3.63) is 0 Å². The van der Waals surface area contributed by atoms with Crippen molar-refractivity contribution in [2.75, 3.05) is 6.61 Å². The number of thiocarbonyl (C=S) groups is 1. The number of rotatable bonds is 5. The standard InChI is InChI=1S/C12H19NO5S2/c1-5-7-10(15)13(9(4)14)18-12(19)20-8(3)11(16)17-6-2/h8H,5-7H2,1-4H3. The summed E-state index contributed by atoms with van der Waals surface area (Å²) in [5.41, 5.74) is 0. The van der Waals surface area contributed by atoms with Crippen LogP contribution in [0, 0.1) is 0 Å². The van der Waals surface area contributed by atoms with Crippen LogP contribution in [0.2, 0.25) is 0 Å². The van der Waals surface area contributed by atoms with Crippen LogP contribution in [-0.2, 0) is 24.0 Å². The summed E-state index contributed by atoms with van der Waals surface area (Å²) >= 11 is 5.84. The van der Waals surface area contributed by atoms with Crippen molar-refractivity contribution in [1.29, 1.82) is 0 Å². The van der Waals surface area contributed by atoms with Crippen molar-refractivity contribution in [3.63, 3.8) is 0 Å². The van der Waals surface area contributed by atoms with Gasteiger partial charge in [-0.25, -0.2) is 0 Å². The molecule has 0 aromatic carbocycles. The molecule has 2 amide bonds. The van der Waals surface area contributed by atoms with E-state index in [4.69, 9.17) is 21.8 Å². The molecule has 20 heavy (non-hydrogen) atoms. The number of amides is 2. The van der Waals surface area contributed by atoms with E-state index < -0.39 is 23.0 Å². The zero-order valence-electron chi connectivity index (χ0n) is 12.0. The summed E-state index contributed by atoms with van der Waals surface area (Å²) in [6.45, 7) is 6.59. The molecule has 114 valence electrons. The molecule has 1 unspecified atom stereocenters. The number of nitrogens with zero attached hydrogens (tertiary/aromatic N) is 1. The first-order chi connectivity index (χ1) is 9.33. The second-order valence-corrected chi connectivity index (χ2v) is 5.75. The highest BCUT2D eigenvalue weighted by atomic mass is 32.2. The highest BCUT2D eigenvalue weighted by Crippen LogP contribution is 2.17. The Morgan fingerprint density at radius 2 is 1.90 bits per heavy atom. The molecular weight excluding hydrogens is 302 g/mol. The van der Waals surface area contributed by atoms with Gasteiger partial charge in [-0.3, -0.25) is 14.4 Å². The Bertz CT molecular complexity index is 386. The number of imide groups is 1. The van der Waals surface area contributed by atoms with Crippen LogP contribution in [0.5, 0.6) is 0 Å². The molecule has 0 saturated carbocycles. The second kappa shape index (κ2) is 9.71. The molecule has 6 nitrogen and oxygen atoms in total. The molecule has 0 aliphatic carbocycles. The van der Waals surface area contributed by atoms with Gasteiger partial charge in [0.1, 0.15) is 5.25 Å². The number of esters is 1. The molecule has 1 atom stereocenters. The third-order valence-corrected chi connectivity index (χ3v) is 3.21. The number of hydrogen-bond donors (Lipinski definition) is 0. The van der Waals surface area contributed by atoms with Crippen LogP contribution in [0.15, 0.2) is 0 Å². The average molecular weight is 321 g/mol. The molecule has 0 heterocycles. The highest BCUT2D eigenvalue weighted by Gasteiger charge is 2.24. The van der Waals surface area contributed by atoms with E-state index in [1.54, 1.807) is 13.8 Å². The van der Waals surface area contributed by atoms with Gasteiger partial charge in [0.05, 0.1) is 6.61 Å². The Hall–Kier alpha value is -1.15. The normalized spacial score (nSPS) is 11.4.